The molecule has 1 aromatic carbocycles. The average molecular weight is 288 g/mol. The van der Waals surface area contributed by atoms with Crippen molar-refractivity contribution in [2.45, 2.75) is 44.9 Å². The monoisotopic (exact) mass is 288 g/mol. The summed E-state index contributed by atoms with van der Waals surface area (Å²) in [5, 5.41) is 2.16. The van der Waals surface area contributed by atoms with Crippen LogP contribution in [0.3, 0.4) is 0 Å². The van der Waals surface area contributed by atoms with Gasteiger partial charge in [0.05, 0.1) is 0 Å². The lowest BCUT2D eigenvalue weighted by Gasteiger charge is -2.20. The highest BCUT2D eigenvalue weighted by Crippen LogP contribution is 2.21. The zero-order chi connectivity index (χ0) is 15.3. The van der Waals surface area contributed by atoms with Gasteiger partial charge in [-0.3, -0.25) is 5.43 Å². The first kappa shape index (κ1) is 17.6. The summed E-state index contributed by atoms with van der Waals surface area (Å²) in [6.07, 6.45) is 7.26. The molecule has 1 N–H and O–H groups in total. The predicted octanol–water partition coefficient (Wildman–Crippen LogP) is 3.56. The number of unbranched alkanes of at least 4 members (excludes halogenated alkanes) is 2. The van der Waals surface area contributed by atoms with E-state index in [0.29, 0.717) is 5.92 Å². The van der Waals surface area contributed by atoms with Gasteiger partial charge in [-0.1, -0.05) is 50.1 Å². The van der Waals surface area contributed by atoms with E-state index in [0.717, 1.165) is 19.5 Å². The standard InChI is InChI=1S/C18H28N2O/c1-17(18-12-6-3-7-13-18)11-5-4-8-14-20(19-2)15-9-10-16-21/h3,6-7,10,12-13,17,19H,4-5,8-9,11,14-15H2,1-2H3. The molecule has 1 atom stereocenters. The van der Waals surface area contributed by atoms with Crippen molar-refractivity contribution in [1.82, 2.24) is 10.4 Å². The number of hydrogen-bond acceptors (Lipinski definition) is 3. The highest BCUT2D eigenvalue weighted by Gasteiger charge is 2.05. The number of benzene rings is 1. The lowest BCUT2D eigenvalue weighted by Crippen LogP contribution is -2.36. The molecule has 1 aromatic rings. The maximum absolute atomic E-state index is 10.1. The van der Waals surface area contributed by atoms with Crippen LogP contribution in [0, 0.1) is 0 Å². The summed E-state index contributed by atoms with van der Waals surface area (Å²) in [5.41, 5.74) is 4.61. The Labute approximate surface area is 129 Å². The lowest BCUT2D eigenvalue weighted by molar-refractivity contribution is 0.206. The largest absolute Gasteiger partial charge is 0.258 e. The maximum Gasteiger partial charge on any atom is 0.120 e. The third-order valence-electron chi connectivity index (χ3n) is 3.88. The van der Waals surface area contributed by atoms with Crippen molar-refractivity contribution < 1.29 is 4.79 Å². The smallest absolute Gasteiger partial charge is 0.120 e. The molecule has 3 heteroatoms. The first-order chi connectivity index (χ1) is 10.3. The van der Waals surface area contributed by atoms with Gasteiger partial charge in [-0.2, -0.15) is 0 Å². The van der Waals surface area contributed by atoms with Gasteiger partial charge >= 0.3 is 0 Å². The van der Waals surface area contributed by atoms with Gasteiger partial charge in [0.15, 0.2) is 0 Å². The van der Waals surface area contributed by atoms with Crippen LogP contribution in [0.2, 0.25) is 0 Å². The number of carbonyl (C=O) groups excluding carboxylic acids is 1. The second-order valence-electron chi connectivity index (χ2n) is 5.48. The van der Waals surface area contributed by atoms with Gasteiger partial charge in [-0.15, -0.1) is 0 Å². The molecular weight excluding hydrogens is 260 g/mol. The average Bonchev–Trinajstić information content (AvgIpc) is 2.53. The zero-order valence-electron chi connectivity index (χ0n) is 13.3. The molecule has 0 amide bonds. The van der Waals surface area contributed by atoms with E-state index >= 15 is 0 Å². The van der Waals surface area contributed by atoms with Gasteiger partial charge in [0.2, 0.25) is 0 Å². The fraction of sp³-hybridized carbons (Fsp3) is 0.556. The van der Waals surface area contributed by atoms with Crippen LogP contribution in [0.25, 0.3) is 0 Å². The third kappa shape index (κ3) is 7.81. The van der Waals surface area contributed by atoms with Crippen LogP contribution in [-0.4, -0.2) is 31.1 Å². The Bertz CT molecular complexity index is 412. The molecule has 0 bridgehead atoms. The van der Waals surface area contributed by atoms with Crippen molar-refractivity contribution in [3.8, 4) is 0 Å². The zero-order valence-corrected chi connectivity index (χ0v) is 13.3. The molecule has 21 heavy (non-hydrogen) atoms. The molecule has 1 rings (SSSR count). The van der Waals surface area contributed by atoms with Crippen molar-refractivity contribution >= 4 is 5.94 Å². The molecule has 0 aliphatic heterocycles. The Morgan fingerprint density at radius 3 is 2.62 bits per heavy atom. The number of nitrogens with zero attached hydrogens (tertiary/aromatic N) is 1. The van der Waals surface area contributed by atoms with E-state index in [4.69, 9.17) is 0 Å². The summed E-state index contributed by atoms with van der Waals surface area (Å²) >= 11 is 0. The molecule has 0 saturated heterocycles. The van der Waals surface area contributed by atoms with Crippen molar-refractivity contribution in [1.29, 1.82) is 0 Å². The molecule has 1 unspecified atom stereocenters. The van der Waals surface area contributed by atoms with Gasteiger partial charge in [-0.05, 0) is 37.8 Å². The minimum Gasteiger partial charge on any atom is -0.258 e. The lowest BCUT2D eigenvalue weighted by atomic mass is 9.95. The van der Waals surface area contributed by atoms with E-state index in [9.17, 15) is 4.79 Å². The number of nitrogens with one attached hydrogen (secondary N) is 1. The molecular formula is C18H28N2O. The molecule has 3 nitrogen and oxygen atoms in total. The van der Waals surface area contributed by atoms with Gasteiger partial charge in [0, 0.05) is 19.2 Å². The number of hydrogen-bond donors (Lipinski definition) is 1. The van der Waals surface area contributed by atoms with Crippen LogP contribution < -0.4 is 5.43 Å². The maximum atomic E-state index is 10.1. The molecule has 0 radical (unpaired) electrons. The predicted molar refractivity (Wildman–Crippen MR) is 88.8 cm³/mol. The first-order valence-electron chi connectivity index (χ1n) is 7.94. The fourth-order valence-corrected chi connectivity index (χ4v) is 2.49. The second-order valence-corrected chi connectivity index (χ2v) is 5.48. The Morgan fingerprint density at radius 1 is 1.19 bits per heavy atom. The molecule has 0 heterocycles. The third-order valence-corrected chi connectivity index (χ3v) is 3.88. The van der Waals surface area contributed by atoms with Crippen molar-refractivity contribution in [3.05, 3.63) is 42.0 Å². The number of hydrazine groups is 1. The molecule has 116 valence electrons. The summed E-state index contributed by atoms with van der Waals surface area (Å²) in [6, 6.07) is 10.7. The summed E-state index contributed by atoms with van der Waals surface area (Å²) in [7, 11) is 1.93. The van der Waals surface area contributed by atoms with E-state index in [-0.39, 0.29) is 0 Å². The minimum absolute atomic E-state index is 0.643. The second kappa shape index (κ2) is 11.3. The Hall–Kier alpha value is -1.41. The Morgan fingerprint density at radius 2 is 1.95 bits per heavy atom. The van der Waals surface area contributed by atoms with Crippen LogP contribution in [0.4, 0.5) is 0 Å². The molecule has 0 aromatic heterocycles. The summed E-state index contributed by atoms with van der Waals surface area (Å²) < 4.78 is 0. The van der Waals surface area contributed by atoms with Gasteiger partial charge in [0.1, 0.15) is 5.94 Å². The molecule has 0 fully saturated rings. The highest BCUT2D eigenvalue weighted by atomic mass is 16.1. The quantitative estimate of drug-likeness (QED) is 0.384. The van der Waals surface area contributed by atoms with Gasteiger partial charge in [0.25, 0.3) is 0 Å². The fourth-order valence-electron chi connectivity index (χ4n) is 2.49. The SMILES string of the molecule is CNN(CCC=C=O)CCCCCC(C)c1ccccc1. The molecule has 0 aliphatic carbocycles. The van der Waals surface area contributed by atoms with E-state index in [1.165, 1.54) is 31.2 Å². The van der Waals surface area contributed by atoms with Crippen LogP contribution in [0.15, 0.2) is 36.4 Å². The molecule has 0 aliphatic rings. The first-order valence-corrected chi connectivity index (χ1v) is 7.94. The van der Waals surface area contributed by atoms with E-state index < -0.39 is 0 Å². The van der Waals surface area contributed by atoms with Crippen molar-refractivity contribution in [3.63, 3.8) is 0 Å². The van der Waals surface area contributed by atoms with E-state index in [2.05, 4.69) is 47.7 Å². The molecule has 0 saturated carbocycles. The highest BCUT2D eigenvalue weighted by molar-refractivity contribution is 5.44. The normalized spacial score (nSPS) is 12.1. The van der Waals surface area contributed by atoms with Crippen LogP contribution in [-0.2, 0) is 4.79 Å². The minimum atomic E-state index is 0.643. The van der Waals surface area contributed by atoms with Crippen molar-refractivity contribution in [2.24, 2.45) is 0 Å². The van der Waals surface area contributed by atoms with Gasteiger partial charge < -0.3 is 0 Å². The summed E-state index contributed by atoms with van der Waals surface area (Å²) in [4.78, 5) is 10.1. The van der Waals surface area contributed by atoms with Crippen molar-refractivity contribution in [2.75, 3.05) is 20.1 Å². The Balaban J connectivity index is 2.11. The number of rotatable bonds is 11. The summed E-state index contributed by atoms with van der Waals surface area (Å²) in [5.74, 6) is 2.47. The van der Waals surface area contributed by atoms with Crippen LogP contribution in [0.1, 0.15) is 50.5 Å². The summed E-state index contributed by atoms with van der Waals surface area (Å²) in [6.45, 7) is 4.20. The topological polar surface area (TPSA) is 32.3 Å². The van der Waals surface area contributed by atoms with E-state index in [1.54, 1.807) is 6.08 Å². The Kier molecular flexibility index (Phi) is 9.47. The van der Waals surface area contributed by atoms with E-state index in [1.807, 2.05) is 13.0 Å². The molecule has 0 spiro atoms. The van der Waals surface area contributed by atoms with Crippen LogP contribution >= 0.6 is 0 Å². The van der Waals surface area contributed by atoms with Crippen LogP contribution in [0.5, 0.6) is 0 Å². The van der Waals surface area contributed by atoms with Gasteiger partial charge in [-0.25, -0.2) is 9.80 Å².